The van der Waals surface area contributed by atoms with Gasteiger partial charge in [-0.3, -0.25) is 9.69 Å². The third-order valence-corrected chi connectivity index (χ3v) is 9.88. The average molecular weight is 421 g/mol. The minimum absolute atomic E-state index is 0. The number of piperidine rings is 2. The first-order valence-corrected chi connectivity index (χ1v) is 12.8. The molecule has 4 heteroatoms. The summed E-state index contributed by atoms with van der Waals surface area (Å²) in [5, 5.41) is 3.66. The zero-order valence-corrected chi connectivity index (χ0v) is 18.9. The van der Waals surface area contributed by atoms with E-state index < -0.39 is 0 Å². The fraction of sp³-hybridized carbons (Fsp3) is 0.960. The van der Waals surface area contributed by atoms with E-state index in [-0.39, 0.29) is 17.8 Å². The molecule has 1 amide bonds. The van der Waals surface area contributed by atoms with Gasteiger partial charge in [-0.15, -0.1) is 12.4 Å². The minimum atomic E-state index is 0. The average Bonchev–Trinajstić information content (AvgIpc) is 2.67. The molecule has 0 radical (unpaired) electrons. The van der Waals surface area contributed by atoms with Crippen LogP contribution in [0.1, 0.15) is 103 Å². The number of hydrogen-bond donors (Lipinski definition) is 1. The molecule has 164 valence electrons. The van der Waals surface area contributed by atoms with Gasteiger partial charge < -0.3 is 5.32 Å². The van der Waals surface area contributed by atoms with E-state index in [2.05, 4.69) is 10.2 Å². The minimum Gasteiger partial charge on any atom is -0.353 e. The van der Waals surface area contributed by atoms with Crippen LogP contribution in [-0.2, 0) is 4.79 Å². The molecule has 7 aliphatic rings. The second-order valence-corrected chi connectivity index (χ2v) is 11.8. The second kappa shape index (κ2) is 8.01. The van der Waals surface area contributed by atoms with E-state index in [1.54, 1.807) is 0 Å². The third-order valence-electron chi connectivity index (χ3n) is 9.88. The van der Waals surface area contributed by atoms with E-state index in [4.69, 9.17) is 0 Å². The summed E-state index contributed by atoms with van der Waals surface area (Å²) in [7, 11) is 0. The predicted molar refractivity (Wildman–Crippen MR) is 119 cm³/mol. The number of rotatable bonds is 3. The Morgan fingerprint density at radius 3 is 1.76 bits per heavy atom. The highest BCUT2D eigenvalue weighted by Crippen LogP contribution is 2.60. The topological polar surface area (TPSA) is 32.3 Å². The highest BCUT2D eigenvalue weighted by molar-refractivity contribution is 5.85. The van der Waals surface area contributed by atoms with Crippen LogP contribution in [0.5, 0.6) is 0 Å². The Labute approximate surface area is 183 Å². The van der Waals surface area contributed by atoms with Crippen molar-refractivity contribution >= 4 is 18.3 Å². The van der Waals surface area contributed by atoms with Gasteiger partial charge in [0.25, 0.3) is 0 Å². The number of hydrogen-bond acceptors (Lipinski definition) is 2. The summed E-state index contributed by atoms with van der Waals surface area (Å²) >= 11 is 0. The molecule has 6 bridgehead atoms. The quantitative estimate of drug-likeness (QED) is 0.657. The molecule has 7 rings (SSSR count). The van der Waals surface area contributed by atoms with Crippen LogP contribution in [0.3, 0.4) is 0 Å². The van der Waals surface area contributed by atoms with Crippen LogP contribution >= 0.6 is 12.4 Å². The lowest BCUT2D eigenvalue weighted by atomic mass is 9.49. The fourth-order valence-electron chi connectivity index (χ4n) is 9.24. The zero-order chi connectivity index (χ0) is 18.7. The Bertz CT molecular complexity index is 567. The van der Waals surface area contributed by atoms with Gasteiger partial charge >= 0.3 is 0 Å². The van der Waals surface area contributed by atoms with E-state index >= 15 is 0 Å². The molecule has 1 N–H and O–H groups in total. The van der Waals surface area contributed by atoms with Crippen LogP contribution in [0.4, 0.5) is 0 Å². The number of carbonyl (C=O) groups excluding carboxylic acids is 1. The highest BCUT2D eigenvalue weighted by atomic mass is 35.5. The van der Waals surface area contributed by atoms with Gasteiger partial charge in [0, 0.05) is 29.6 Å². The SMILES string of the molecule is Cl.O=C(NC1CC2CCCC(C1)N2C1CCCCC1)C12CC3CC(CC(C3)C1)C2. The Kier molecular flexibility index (Phi) is 5.69. The summed E-state index contributed by atoms with van der Waals surface area (Å²) in [6.45, 7) is 0. The van der Waals surface area contributed by atoms with Crippen molar-refractivity contribution in [2.45, 2.75) is 127 Å². The van der Waals surface area contributed by atoms with Crippen molar-refractivity contribution in [3.63, 3.8) is 0 Å². The summed E-state index contributed by atoms with van der Waals surface area (Å²) in [5.74, 6) is 3.07. The van der Waals surface area contributed by atoms with E-state index in [1.165, 1.54) is 103 Å². The smallest absolute Gasteiger partial charge is 0.226 e. The summed E-state index contributed by atoms with van der Waals surface area (Å²) < 4.78 is 0. The van der Waals surface area contributed by atoms with Gasteiger partial charge in [-0.05, 0) is 94.8 Å². The molecule has 0 aromatic heterocycles. The monoisotopic (exact) mass is 420 g/mol. The molecule has 2 atom stereocenters. The normalized spacial score (nSPS) is 46.9. The lowest BCUT2D eigenvalue weighted by Crippen LogP contribution is -2.62. The van der Waals surface area contributed by atoms with Crippen molar-refractivity contribution in [2.24, 2.45) is 23.2 Å². The van der Waals surface area contributed by atoms with Gasteiger partial charge in [0.1, 0.15) is 0 Å². The molecule has 7 fully saturated rings. The van der Waals surface area contributed by atoms with Crippen LogP contribution in [0, 0.1) is 23.2 Å². The molecule has 2 heterocycles. The summed E-state index contributed by atoms with van der Waals surface area (Å²) in [6, 6.07) is 2.80. The first-order chi connectivity index (χ1) is 13.7. The summed E-state index contributed by atoms with van der Waals surface area (Å²) in [5.41, 5.74) is 0.0321. The maximum atomic E-state index is 13.5. The third kappa shape index (κ3) is 3.67. The molecule has 2 saturated heterocycles. The van der Waals surface area contributed by atoms with Crippen LogP contribution in [-0.4, -0.2) is 35.0 Å². The lowest BCUT2D eigenvalue weighted by molar-refractivity contribution is -0.148. The molecule has 3 nitrogen and oxygen atoms in total. The highest BCUT2D eigenvalue weighted by Gasteiger charge is 2.55. The Hall–Kier alpha value is -0.280. The summed E-state index contributed by atoms with van der Waals surface area (Å²) in [6.07, 6.45) is 21.7. The molecular weight excluding hydrogens is 380 g/mol. The van der Waals surface area contributed by atoms with Crippen molar-refractivity contribution in [2.75, 3.05) is 0 Å². The van der Waals surface area contributed by atoms with Gasteiger partial charge in [-0.25, -0.2) is 0 Å². The molecular formula is C25H41ClN2O. The largest absolute Gasteiger partial charge is 0.353 e. The van der Waals surface area contributed by atoms with Crippen LogP contribution in [0.15, 0.2) is 0 Å². The van der Waals surface area contributed by atoms with E-state index in [1.807, 2.05) is 0 Å². The standard InChI is InChI=1S/C25H40N2O.ClH/c28-24(25-14-17-9-18(15-25)11-19(10-17)16-25)26-20-12-22-7-4-8-23(13-20)27(22)21-5-2-1-3-6-21;/h17-23H,1-16H2,(H,26,28);1H. The van der Waals surface area contributed by atoms with Gasteiger partial charge in [-0.2, -0.15) is 0 Å². The molecule has 0 aromatic rings. The van der Waals surface area contributed by atoms with Crippen molar-refractivity contribution in [3.05, 3.63) is 0 Å². The molecule has 0 aromatic carbocycles. The van der Waals surface area contributed by atoms with Crippen molar-refractivity contribution in [1.29, 1.82) is 0 Å². The Morgan fingerprint density at radius 2 is 1.21 bits per heavy atom. The maximum absolute atomic E-state index is 13.5. The lowest BCUT2D eigenvalue weighted by Gasteiger charge is -2.57. The molecule has 5 saturated carbocycles. The molecule has 2 aliphatic heterocycles. The number of halogens is 1. The van der Waals surface area contributed by atoms with E-state index in [0.29, 0.717) is 11.9 Å². The van der Waals surface area contributed by atoms with E-state index in [0.717, 1.165) is 35.9 Å². The van der Waals surface area contributed by atoms with Crippen LogP contribution < -0.4 is 5.32 Å². The second-order valence-electron chi connectivity index (χ2n) is 11.8. The van der Waals surface area contributed by atoms with Crippen LogP contribution in [0.25, 0.3) is 0 Å². The predicted octanol–water partition coefficient (Wildman–Crippen LogP) is 5.46. The van der Waals surface area contributed by atoms with Crippen molar-refractivity contribution in [3.8, 4) is 0 Å². The first kappa shape index (κ1) is 20.6. The Morgan fingerprint density at radius 1 is 0.690 bits per heavy atom. The van der Waals surface area contributed by atoms with Gasteiger partial charge in [0.05, 0.1) is 0 Å². The van der Waals surface area contributed by atoms with Crippen molar-refractivity contribution in [1.82, 2.24) is 10.2 Å². The zero-order valence-electron chi connectivity index (χ0n) is 18.1. The van der Waals surface area contributed by atoms with E-state index in [9.17, 15) is 4.79 Å². The number of fused-ring (bicyclic) bond motifs is 2. The van der Waals surface area contributed by atoms with Gasteiger partial charge in [0.15, 0.2) is 0 Å². The maximum Gasteiger partial charge on any atom is 0.226 e. The first-order valence-electron chi connectivity index (χ1n) is 12.8. The molecule has 0 spiro atoms. The Balaban J connectivity index is 0.00000181. The van der Waals surface area contributed by atoms with Crippen molar-refractivity contribution < 1.29 is 4.79 Å². The molecule has 2 unspecified atom stereocenters. The molecule has 29 heavy (non-hydrogen) atoms. The van der Waals surface area contributed by atoms with Gasteiger partial charge in [-0.1, -0.05) is 25.7 Å². The fourth-order valence-corrected chi connectivity index (χ4v) is 9.24. The summed E-state index contributed by atoms with van der Waals surface area (Å²) in [4.78, 5) is 16.5. The number of nitrogens with one attached hydrogen (secondary N) is 1. The number of nitrogens with zero attached hydrogens (tertiary/aromatic N) is 1. The number of carbonyl (C=O) groups is 1. The molecule has 5 aliphatic carbocycles. The van der Waals surface area contributed by atoms with Crippen LogP contribution in [0.2, 0.25) is 0 Å². The van der Waals surface area contributed by atoms with Gasteiger partial charge in [0.2, 0.25) is 5.91 Å². The number of amides is 1.